The van der Waals surface area contributed by atoms with Crippen LogP contribution in [0.4, 0.5) is 0 Å². The molecule has 5 nitrogen and oxygen atoms in total. The fraction of sp³-hybridized carbons (Fsp3) is 0.208. The number of Topliss-reactive ketones (excluding diaryl/α,β-unsaturated/α-hetero) is 1. The topological polar surface area (TPSA) is 60.9 Å². The normalized spacial score (nSPS) is 11.0. The van der Waals surface area contributed by atoms with E-state index in [1.165, 1.54) is 11.8 Å². The van der Waals surface area contributed by atoms with Gasteiger partial charge in [-0.1, -0.05) is 59.3 Å². The molecule has 4 rings (SSSR count). The molecule has 0 aliphatic carbocycles. The van der Waals surface area contributed by atoms with Gasteiger partial charge in [0.25, 0.3) is 0 Å². The summed E-state index contributed by atoms with van der Waals surface area (Å²) in [6.45, 7) is 6.55. The van der Waals surface area contributed by atoms with E-state index in [1.807, 2.05) is 60.9 Å². The molecule has 0 bridgehead atoms. The van der Waals surface area contributed by atoms with Crippen LogP contribution >= 0.6 is 11.8 Å². The van der Waals surface area contributed by atoms with Gasteiger partial charge < -0.3 is 4.42 Å². The summed E-state index contributed by atoms with van der Waals surface area (Å²) in [6, 6.07) is 17.9. The van der Waals surface area contributed by atoms with Crippen molar-refractivity contribution in [1.29, 1.82) is 0 Å². The molecule has 30 heavy (non-hydrogen) atoms. The number of thioether (sulfide) groups is 1. The molecular formula is C24H23N3O2S. The molecule has 152 valence electrons. The summed E-state index contributed by atoms with van der Waals surface area (Å²) in [4.78, 5) is 12.8. The van der Waals surface area contributed by atoms with Gasteiger partial charge in [0.2, 0.25) is 0 Å². The predicted octanol–water partition coefficient (Wildman–Crippen LogP) is 5.49. The molecule has 0 saturated carbocycles. The fourth-order valence-corrected chi connectivity index (χ4v) is 4.25. The third-order valence-corrected chi connectivity index (χ3v) is 5.87. The predicted molar refractivity (Wildman–Crippen MR) is 119 cm³/mol. The van der Waals surface area contributed by atoms with Gasteiger partial charge in [0.15, 0.2) is 16.8 Å². The smallest absolute Gasteiger partial charge is 0.192 e. The standard InChI is InChI=1S/C24H23N3O2S/c1-16-6-4-7-19(13-16)23-25-26-24(27(23)14-20-8-5-11-29-20)30-15-22(28)21-10-9-17(2)12-18(21)3/h4-13H,14-15H2,1-3H3. The summed E-state index contributed by atoms with van der Waals surface area (Å²) < 4.78 is 7.55. The maximum Gasteiger partial charge on any atom is 0.192 e. The first-order valence-electron chi connectivity index (χ1n) is 9.77. The summed E-state index contributed by atoms with van der Waals surface area (Å²) in [5.41, 5.74) is 5.04. The first-order chi connectivity index (χ1) is 14.5. The van der Waals surface area contributed by atoms with Gasteiger partial charge in [-0.2, -0.15) is 0 Å². The van der Waals surface area contributed by atoms with Crippen molar-refractivity contribution in [1.82, 2.24) is 14.8 Å². The van der Waals surface area contributed by atoms with Crippen LogP contribution in [0.3, 0.4) is 0 Å². The second-order valence-corrected chi connectivity index (χ2v) is 8.31. The Morgan fingerprint density at radius 1 is 1.00 bits per heavy atom. The summed E-state index contributed by atoms with van der Waals surface area (Å²) >= 11 is 1.40. The molecule has 0 amide bonds. The largest absolute Gasteiger partial charge is 0.467 e. The SMILES string of the molecule is Cc1cccc(-c2nnc(SCC(=O)c3ccc(C)cc3C)n2Cc2ccco2)c1. The minimum Gasteiger partial charge on any atom is -0.467 e. The van der Waals surface area contributed by atoms with Gasteiger partial charge in [0, 0.05) is 11.1 Å². The molecule has 2 heterocycles. The Bertz CT molecular complexity index is 1180. The Hall–Kier alpha value is -3.12. The van der Waals surface area contributed by atoms with Gasteiger partial charge in [-0.25, -0.2) is 0 Å². The van der Waals surface area contributed by atoms with Crippen molar-refractivity contribution in [3.63, 3.8) is 0 Å². The number of nitrogens with zero attached hydrogens (tertiary/aromatic N) is 3. The van der Waals surface area contributed by atoms with Crippen LogP contribution in [-0.4, -0.2) is 26.3 Å². The Balaban J connectivity index is 1.61. The lowest BCUT2D eigenvalue weighted by molar-refractivity contribution is 0.102. The number of carbonyl (C=O) groups excluding carboxylic acids is 1. The highest BCUT2D eigenvalue weighted by molar-refractivity contribution is 7.99. The molecule has 0 unspecified atom stereocenters. The lowest BCUT2D eigenvalue weighted by Gasteiger charge is -2.10. The lowest BCUT2D eigenvalue weighted by Crippen LogP contribution is -2.08. The van der Waals surface area contributed by atoms with Crippen molar-refractivity contribution in [2.24, 2.45) is 0 Å². The zero-order chi connectivity index (χ0) is 21.1. The highest BCUT2D eigenvalue weighted by Crippen LogP contribution is 2.27. The van der Waals surface area contributed by atoms with Gasteiger partial charge >= 0.3 is 0 Å². The van der Waals surface area contributed by atoms with Crippen LogP contribution in [0.2, 0.25) is 0 Å². The van der Waals surface area contributed by atoms with Crippen molar-refractivity contribution in [2.45, 2.75) is 32.5 Å². The molecule has 0 spiro atoms. The molecule has 0 fully saturated rings. The Labute approximate surface area is 180 Å². The van der Waals surface area contributed by atoms with Gasteiger partial charge in [-0.05, 0) is 44.5 Å². The van der Waals surface area contributed by atoms with E-state index in [-0.39, 0.29) is 5.78 Å². The minimum absolute atomic E-state index is 0.0853. The third-order valence-electron chi connectivity index (χ3n) is 4.90. The summed E-state index contributed by atoms with van der Waals surface area (Å²) in [7, 11) is 0. The highest BCUT2D eigenvalue weighted by atomic mass is 32.2. The zero-order valence-electron chi connectivity index (χ0n) is 17.3. The first kappa shape index (κ1) is 20.2. The van der Waals surface area contributed by atoms with Crippen LogP contribution in [0.1, 0.15) is 32.8 Å². The highest BCUT2D eigenvalue weighted by Gasteiger charge is 2.18. The monoisotopic (exact) mass is 417 g/mol. The Kier molecular flexibility index (Phi) is 5.86. The number of aromatic nitrogens is 3. The van der Waals surface area contributed by atoms with Crippen molar-refractivity contribution in [3.8, 4) is 11.4 Å². The van der Waals surface area contributed by atoms with Gasteiger partial charge in [-0.3, -0.25) is 9.36 Å². The molecule has 0 saturated heterocycles. The van der Waals surface area contributed by atoms with Crippen LogP contribution < -0.4 is 0 Å². The maximum atomic E-state index is 12.8. The number of ketones is 1. The van der Waals surface area contributed by atoms with Crippen molar-refractivity contribution in [2.75, 3.05) is 5.75 Å². The van der Waals surface area contributed by atoms with E-state index < -0.39 is 0 Å². The molecule has 6 heteroatoms. The van der Waals surface area contributed by atoms with E-state index in [4.69, 9.17) is 4.42 Å². The van der Waals surface area contributed by atoms with Crippen LogP contribution in [0, 0.1) is 20.8 Å². The molecule has 0 atom stereocenters. The van der Waals surface area contributed by atoms with Crippen LogP contribution in [0.15, 0.2) is 70.4 Å². The number of hydrogen-bond donors (Lipinski definition) is 0. The third kappa shape index (κ3) is 4.39. The summed E-state index contributed by atoms with van der Waals surface area (Å²) in [5, 5.41) is 9.51. The average molecular weight is 418 g/mol. The average Bonchev–Trinajstić information content (AvgIpc) is 3.36. The van der Waals surface area contributed by atoms with Gasteiger partial charge in [-0.15, -0.1) is 10.2 Å². The number of carbonyl (C=O) groups is 1. The van der Waals surface area contributed by atoms with E-state index in [9.17, 15) is 4.79 Å². The molecular weight excluding hydrogens is 394 g/mol. The quantitative estimate of drug-likeness (QED) is 0.294. The van der Waals surface area contributed by atoms with Crippen LogP contribution in [0.25, 0.3) is 11.4 Å². The summed E-state index contributed by atoms with van der Waals surface area (Å²) in [6.07, 6.45) is 1.66. The van der Waals surface area contributed by atoms with Crippen LogP contribution in [0.5, 0.6) is 0 Å². The number of benzene rings is 2. The molecule has 0 N–H and O–H groups in total. The number of furan rings is 1. The second kappa shape index (κ2) is 8.71. The van der Waals surface area contributed by atoms with Crippen molar-refractivity contribution < 1.29 is 9.21 Å². The zero-order valence-corrected chi connectivity index (χ0v) is 18.1. The molecule has 0 aliphatic rings. The molecule has 0 aliphatic heterocycles. The maximum absolute atomic E-state index is 12.8. The number of aryl methyl sites for hydroxylation is 3. The first-order valence-corrected chi connectivity index (χ1v) is 10.8. The van der Waals surface area contributed by atoms with Gasteiger partial charge in [0.05, 0.1) is 18.6 Å². The fourth-order valence-electron chi connectivity index (χ4n) is 3.43. The molecule has 2 aromatic carbocycles. The Morgan fingerprint density at radius 3 is 2.57 bits per heavy atom. The van der Waals surface area contributed by atoms with E-state index in [2.05, 4.69) is 29.3 Å². The van der Waals surface area contributed by atoms with E-state index in [0.29, 0.717) is 17.5 Å². The van der Waals surface area contributed by atoms with Crippen molar-refractivity contribution >= 4 is 17.5 Å². The molecule has 0 radical (unpaired) electrons. The molecule has 4 aromatic rings. The van der Waals surface area contributed by atoms with Gasteiger partial charge in [0.1, 0.15) is 5.76 Å². The summed E-state index contributed by atoms with van der Waals surface area (Å²) in [5.74, 6) is 1.96. The van der Waals surface area contributed by atoms with Crippen LogP contribution in [-0.2, 0) is 6.54 Å². The van der Waals surface area contributed by atoms with Crippen molar-refractivity contribution in [3.05, 3.63) is 88.9 Å². The lowest BCUT2D eigenvalue weighted by atomic mass is 10.0. The number of rotatable bonds is 7. The number of hydrogen-bond acceptors (Lipinski definition) is 5. The minimum atomic E-state index is 0.0853. The molecule has 2 aromatic heterocycles. The second-order valence-electron chi connectivity index (χ2n) is 7.37. The van der Waals surface area contributed by atoms with E-state index >= 15 is 0 Å². The Morgan fingerprint density at radius 2 is 1.83 bits per heavy atom. The van der Waals surface area contributed by atoms with E-state index in [0.717, 1.165) is 39.4 Å². The van der Waals surface area contributed by atoms with E-state index in [1.54, 1.807) is 6.26 Å².